The summed E-state index contributed by atoms with van der Waals surface area (Å²) in [5.41, 5.74) is 0. The van der Waals surface area contributed by atoms with E-state index in [0.29, 0.717) is 0 Å². The zero-order chi connectivity index (χ0) is 5.82. The molecule has 1 heteroatoms. The van der Waals surface area contributed by atoms with Gasteiger partial charge in [0.05, 0.1) is 6.10 Å². The van der Waals surface area contributed by atoms with Crippen molar-refractivity contribution in [3.63, 3.8) is 0 Å². The summed E-state index contributed by atoms with van der Waals surface area (Å²) in [6.07, 6.45) is 10.7. The topological polar surface area (TPSA) is 9.23 Å². The fourth-order valence-corrected chi connectivity index (χ4v) is 0.607. The fourth-order valence-electron chi connectivity index (χ4n) is 0.607. The molecule has 0 saturated heterocycles. The normalized spacial score (nSPS) is 26.4. The fraction of sp³-hybridized carbons (Fsp3) is 0.429. The lowest BCUT2D eigenvalue weighted by molar-refractivity contribution is 0.136. The lowest BCUT2D eigenvalue weighted by Gasteiger charge is -2.07. The van der Waals surface area contributed by atoms with Gasteiger partial charge in [-0.2, -0.15) is 0 Å². The van der Waals surface area contributed by atoms with Gasteiger partial charge in [0.2, 0.25) is 0 Å². The highest BCUT2D eigenvalue weighted by molar-refractivity contribution is 5.01. The maximum Gasteiger partial charge on any atom is 0.0859 e. The van der Waals surface area contributed by atoms with Gasteiger partial charge in [0, 0.05) is 7.11 Å². The predicted octanol–water partition coefficient (Wildman–Crippen LogP) is 1.12. The van der Waals surface area contributed by atoms with Gasteiger partial charge in [0.15, 0.2) is 0 Å². The summed E-state index contributed by atoms with van der Waals surface area (Å²) in [6.45, 7) is 0. The molecular weight excluding hydrogens is 100 g/mol. The molecule has 1 aliphatic rings. The molecule has 0 heterocycles. The molecule has 2 radical (unpaired) electrons. The van der Waals surface area contributed by atoms with Crippen LogP contribution in [0.1, 0.15) is 6.42 Å². The van der Waals surface area contributed by atoms with Crippen molar-refractivity contribution >= 4 is 0 Å². The Kier molecular flexibility index (Phi) is 1.86. The van der Waals surface area contributed by atoms with E-state index in [2.05, 4.69) is 12.2 Å². The van der Waals surface area contributed by atoms with Crippen LogP contribution in [0.25, 0.3) is 0 Å². The molecule has 0 aliphatic heterocycles. The summed E-state index contributed by atoms with van der Waals surface area (Å²) in [5, 5.41) is 0. The van der Waals surface area contributed by atoms with Crippen LogP contribution in [0.4, 0.5) is 0 Å². The van der Waals surface area contributed by atoms with Crippen LogP contribution in [0.2, 0.25) is 0 Å². The largest absolute Gasteiger partial charge is 0.376 e. The van der Waals surface area contributed by atoms with Crippen LogP contribution in [0.3, 0.4) is 0 Å². The first-order valence-electron chi connectivity index (χ1n) is 2.62. The molecule has 0 aromatic rings. The van der Waals surface area contributed by atoms with Gasteiger partial charge in [-0.05, 0) is 24.6 Å². The number of rotatable bonds is 1. The van der Waals surface area contributed by atoms with Gasteiger partial charge in [-0.25, -0.2) is 0 Å². The molecule has 1 atom stereocenters. The summed E-state index contributed by atoms with van der Waals surface area (Å²) < 4.78 is 4.98. The molecular formula is C7H8O. The molecule has 8 heavy (non-hydrogen) atoms. The van der Waals surface area contributed by atoms with E-state index in [1.54, 1.807) is 13.2 Å². The van der Waals surface area contributed by atoms with E-state index in [-0.39, 0.29) is 6.10 Å². The van der Waals surface area contributed by atoms with Crippen molar-refractivity contribution in [1.29, 1.82) is 0 Å². The van der Waals surface area contributed by atoms with Crippen LogP contribution in [-0.4, -0.2) is 13.2 Å². The molecule has 1 aliphatic carbocycles. The van der Waals surface area contributed by atoms with Crippen LogP contribution < -0.4 is 0 Å². The Morgan fingerprint density at radius 3 is 3.00 bits per heavy atom. The average Bonchev–Trinajstić information content (AvgIpc) is 1.90. The maximum atomic E-state index is 4.98. The van der Waals surface area contributed by atoms with E-state index in [1.165, 1.54) is 0 Å². The van der Waals surface area contributed by atoms with E-state index in [1.807, 2.05) is 6.08 Å². The number of ether oxygens (including phenoxy) is 1. The van der Waals surface area contributed by atoms with E-state index in [4.69, 9.17) is 4.74 Å². The van der Waals surface area contributed by atoms with Crippen LogP contribution in [0, 0.1) is 12.2 Å². The molecule has 0 aromatic carbocycles. The lowest BCUT2D eigenvalue weighted by atomic mass is 10.1. The standard InChI is InChI=1S/C7H8O/c1-8-7-5-3-2-4-6-7/h3-4,7H,5H2,1H3. The Balaban J connectivity index is 2.40. The van der Waals surface area contributed by atoms with Crippen molar-refractivity contribution in [2.75, 3.05) is 7.11 Å². The minimum Gasteiger partial charge on any atom is -0.376 e. The minimum absolute atomic E-state index is 0.163. The molecule has 42 valence electrons. The quantitative estimate of drug-likeness (QED) is 0.489. The van der Waals surface area contributed by atoms with Crippen LogP contribution in [0.15, 0.2) is 12.2 Å². The van der Waals surface area contributed by atoms with Crippen molar-refractivity contribution in [3.05, 3.63) is 24.3 Å². The third kappa shape index (κ3) is 1.20. The van der Waals surface area contributed by atoms with Gasteiger partial charge in [-0.3, -0.25) is 0 Å². The molecule has 1 unspecified atom stereocenters. The molecule has 0 N–H and O–H groups in total. The van der Waals surface area contributed by atoms with E-state index >= 15 is 0 Å². The molecule has 0 amide bonds. The lowest BCUT2D eigenvalue weighted by Crippen LogP contribution is -2.07. The highest BCUT2D eigenvalue weighted by atomic mass is 16.5. The Hall–Kier alpha value is -0.560. The van der Waals surface area contributed by atoms with Crippen molar-refractivity contribution in [1.82, 2.24) is 0 Å². The van der Waals surface area contributed by atoms with Gasteiger partial charge in [-0.1, -0.05) is 6.08 Å². The van der Waals surface area contributed by atoms with Crippen molar-refractivity contribution in [3.8, 4) is 0 Å². The summed E-state index contributed by atoms with van der Waals surface area (Å²) in [7, 11) is 1.69. The van der Waals surface area contributed by atoms with Gasteiger partial charge in [0.1, 0.15) is 0 Å². The highest BCUT2D eigenvalue weighted by Gasteiger charge is 2.00. The van der Waals surface area contributed by atoms with E-state index in [9.17, 15) is 0 Å². The Labute approximate surface area is 49.7 Å². The molecule has 0 spiro atoms. The van der Waals surface area contributed by atoms with Crippen molar-refractivity contribution < 1.29 is 4.74 Å². The first kappa shape index (κ1) is 5.57. The van der Waals surface area contributed by atoms with Crippen LogP contribution in [-0.2, 0) is 4.74 Å². The van der Waals surface area contributed by atoms with Crippen molar-refractivity contribution in [2.24, 2.45) is 0 Å². The summed E-state index contributed by atoms with van der Waals surface area (Å²) in [6, 6.07) is 0. The smallest absolute Gasteiger partial charge is 0.0859 e. The second kappa shape index (κ2) is 2.68. The van der Waals surface area contributed by atoms with Crippen molar-refractivity contribution in [2.45, 2.75) is 12.5 Å². The zero-order valence-corrected chi connectivity index (χ0v) is 4.85. The first-order valence-corrected chi connectivity index (χ1v) is 2.62. The molecule has 1 rings (SSSR count). The number of hydrogen-bond acceptors (Lipinski definition) is 1. The van der Waals surface area contributed by atoms with Crippen LogP contribution >= 0.6 is 0 Å². The van der Waals surface area contributed by atoms with Gasteiger partial charge < -0.3 is 4.74 Å². The van der Waals surface area contributed by atoms with Gasteiger partial charge in [-0.15, -0.1) is 0 Å². The third-order valence-corrected chi connectivity index (χ3v) is 1.09. The average molecular weight is 108 g/mol. The predicted molar refractivity (Wildman–Crippen MR) is 31.0 cm³/mol. The molecule has 1 nitrogen and oxygen atoms in total. The van der Waals surface area contributed by atoms with Gasteiger partial charge >= 0.3 is 0 Å². The van der Waals surface area contributed by atoms with E-state index < -0.39 is 0 Å². The Morgan fingerprint density at radius 1 is 1.75 bits per heavy atom. The summed E-state index contributed by atoms with van der Waals surface area (Å²) >= 11 is 0. The van der Waals surface area contributed by atoms with Crippen LogP contribution in [0.5, 0.6) is 0 Å². The molecule has 0 fully saturated rings. The molecule has 0 aromatic heterocycles. The Morgan fingerprint density at radius 2 is 2.62 bits per heavy atom. The zero-order valence-electron chi connectivity index (χ0n) is 4.85. The second-order valence-corrected chi connectivity index (χ2v) is 1.64. The van der Waals surface area contributed by atoms with E-state index in [0.717, 1.165) is 6.42 Å². The highest BCUT2D eigenvalue weighted by Crippen LogP contribution is 2.03. The first-order chi connectivity index (χ1) is 3.93. The Bertz CT molecular complexity index is 114. The summed E-state index contributed by atoms with van der Waals surface area (Å²) in [5.74, 6) is 0. The molecule has 0 bridgehead atoms. The SMILES string of the molecule is COC1[C]=C[C]=CC1. The second-order valence-electron chi connectivity index (χ2n) is 1.64. The number of allylic oxidation sites excluding steroid dienone is 2. The number of hydrogen-bond donors (Lipinski definition) is 0. The minimum atomic E-state index is 0.163. The third-order valence-electron chi connectivity index (χ3n) is 1.09. The monoisotopic (exact) mass is 108 g/mol. The van der Waals surface area contributed by atoms with Gasteiger partial charge in [0.25, 0.3) is 0 Å². The summed E-state index contributed by atoms with van der Waals surface area (Å²) in [4.78, 5) is 0. The number of methoxy groups -OCH3 is 1. The maximum absolute atomic E-state index is 4.98. The molecule has 0 saturated carbocycles.